The van der Waals surface area contributed by atoms with E-state index in [1.807, 2.05) is 0 Å². The summed E-state index contributed by atoms with van der Waals surface area (Å²) in [5.41, 5.74) is 1.01. The minimum absolute atomic E-state index is 0.0464. The molecule has 0 bridgehead atoms. The van der Waals surface area contributed by atoms with E-state index in [1.165, 1.54) is 12.8 Å². The van der Waals surface area contributed by atoms with Gasteiger partial charge in [0.25, 0.3) is 0 Å². The Morgan fingerprint density at radius 3 is 2.19 bits per heavy atom. The maximum Gasteiger partial charge on any atom is 0.196 e. The van der Waals surface area contributed by atoms with Crippen molar-refractivity contribution in [2.75, 3.05) is 0 Å². The van der Waals surface area contributed by atoms with Crippen LogP contribution in [0.3, 0.4) is 0 Å². The first-order chi connectivity index (χ1) is 14.5. The minimum atomic E-state index is -1.82. The number of allylic oxidation sites excluding steroid dienone is 3. The molecule has 7 atom stereocenters. The summed E-state index contributed by atoms with van der Waals surface area (Å²) in [6.07, 6.45) is 9.54. The van der Waals surface area contributed by atoms with Gasteiger partial charge in [0.05, 0.1) is 16.7 Å². The van der Waals surface area contributed by atoms with Crippen LogP contribution in [-0.4, -0.2) is 34.1 Å². The van der Waals surface area contributed by atoms with Gasteiger partial charge in [-0.2, -0.15) is 0 Å². The maximum absolute atomic E-state index is 12.6. The van der Waals surface area contributed by atoms with Crippen molar-refractivity contribution in [2.45, 2.75) is 104 Å². The van der Waals surface area contributed by atoms with E-state index in [1.54, 1.807) is 6.08 Å². The predicted octanol–water partition coefficient (Wildman–Crippen LogP) is 7.30. The zero-order chi connectivity index (χ0) is 23.9. The summed E-state index contributed by atoms with van der Waals surface area (Å²) in [6.45, 7) is 20.9. The fourth-order valence-corrected chi connectivity index (χ4v) is 11.1. The SMILES string of the molecule is CC12C=CC(=O)C(Cl)=C1[C@@H](O[Si](C)(C)C)CC1C2CCC2(C)C1CC[C@]2(C)O[Si](C)(C)C. The first-order valence-corrected chi connectivity index (χ1v) is 19.7. The summed E-state index contributed by atoms with van der Waals surface area (Å²) in [5.74, 6) is 1.64. The molecule has 0 radical (unpaired) electrons. The standard InChI is InChI=1S/C26H43ClO3Si2/c1-24-13-12-20(28)23(27)22(24)21(29-31(4,5)6)16-17-18(24)10-14-25(2)19(17)11-15-26(25,3)30-32(7,8)9/h12-13,17-19,21H,10-11,14-16H2,1-9H3/t17?,18?,19?,21-,24?,25?,26-/m0/s1. The fourth-order valence-electron chi connectivity index (χ4n) is 7.92. The molecule has 0 N–H and O–H groups in total. The van der Waals surface area contributed by atoms with Gasteiger partial charge >= 0.3 is 0 Å². The van der Waals surface area contributed by atoms with Crippen LogP contribution in [0.5, 0.6) is 0 Å². The molecule has 0 spiro atoms. The van der Waals surface area contributed by atoms with Crippen LogP contribution in [0.1, 0.15) is 52.9 Å². The van der Waals surface area contributed by atoms with Crippen molar-refractivity contribution in [3.8, 4) is 0 Å². The molecule has 3 saturated carbocycles. The second-order valence-corrected chi connectivity index (χ2v) is 22.7. The van der Waals surface area contributed by atoms with Gasteiger partial charge in [-0.3, -0.25) is 4.79 Å². The third-order valence-corrected chi connectivity index (χ3v) is 11.6. The lowest BCUT2D eigenvalue weighted by atomic mass is 9.47. The van der Waals surface area contributed by atoms with Crippen LogP contribution in [0.15, 0.2) is 22.8 Å². The Kier molecular flexibility index (Phi) is 5.95. The second kappa shape index (κ2) is 7.65. The van der Waals surface area contributed by atoms with E-state index in [9.17, 15) is 4.79 Å². The summed E-state index contributed by atoms with van der Waals surface area (Å²) in [6, 6.07) is 0. The Bertz CT molecular complexity index is 869. The molecule has 3 fully saturated rings. The monoisotopic (exact) mass is 494 g/mol. The van der Waals surface area contributed by atoms with E-state index >= 15 is 0 Å². The van der Waals surface area contributed by atoms with Crippen molar-refractivity contribution in [2.24, 2.45) is 28.6 Å². The Morgan fingerprint density at radius 1 is 0.969 bits per heavy atom. The van der Waals surface area contributed by atoms with Crippen molar-refractivity contribution in [3.63, 3.8) is 0 Å². The van der Waals surface area contributed by atoms with E-state index in [2.05, 4.69) is 66.1 Å². The number of fused-ring (bicyclic) bond motifs is 5. The van der Waals surface area contributed by atoms with Crippen LogP contribution in [0, 0.1) is 28.6 Å². The van der Waals surface area contributed by atoms with Gasteiger partial charge in [-0.15, -0.1) is 0 Å². The number of hydrogen-bond donors (Lipinski definition) is 0. The average Bonchev–Trinajstić information content (AvgIpc) is 2.86. The van der Waals surface area contributed by atoms with Crippen LogP contribution >= 0.6 is 11.6 Å². The molecular formula is C26H43ClO3Si2. The molecule has 4 aliphatic rings. The number of rotatable bonds is 4. The largest absolute Gasteiger partial charge is 0.412 e. The lowest BCUT2D eigenvalue weighted by molar-refractivity contribution is -0.116. The van der Waals surface area contributed by atoms with Gasteiger partial charge < -0.3 is 8.85 Å². The van der Waals surface area contributed by atoms with Crippen LogP contribution in [0.25, 0.3) is 0 Å². The third-order valence-electron chi connectivity index (χ3n) is 9.19. The molecule has 5 unspecified atom stereocenters. The molecule has 0 amide bonds. The first-order valence-electron chi connectivity index (χ1n) is 12.5. The highest BCUT2D eigenvalue weighted by molar-refractivity contribution is 6.70. The topological polar surface area (TPSA) is 35.5 Å². The Balaban J connectivity index is 1.76. The predicted molar refractivity (Wildman–Crippen MR) is 138 cm³/mol. The van der Waals surface area contributed by atoms with E-state index < -0.39 is 16.6 Å². The highest BCUT2D eigenvalue weighted by Gasteiger charge is 2.65. The molecule has 180 valence electrons. The van der Waals surface area contributed by atoms with Gasteiger partial charge in [-0.1, -0.05) is 31.5 Å². The normalized spacial score (nSPS) is 44.4. The van der Waals surface area contributed by atoms with E-state index in [4.69, 9.17) is 20.5 Å². The highest BCUT2D eigenvalue weighted by atomic mass is 35.5. The number of halogens is 1. The molecule has 0 aliphatic heterocycles. The van der Waals surface area contributed by atoms with Crippen LogP contribution in [0.4, 0.5) is 0 Å². The second-order valence-electron chi connectivity index (χ2n) is 13.5. The molecular weight excluding hydrogens is 452 g/mol. The highest BCUT2D eigenvalue weighted by Crippen LogP contribution is 2.68. The van der Waals surface area contributed by atoms with Crippen molar-refractivity contribution in [1.82, 2.24) is 0 Å². The van der Waals surface area contributed by atoms with E-state index in [0.29, 0.717) is 22.8 Å². The maximum atomic E-state index is 12.6. The van der Waals surface area contributed by atoms with Gasteiger partial charge in [0.2, 0.25) is 0 Å². The summed E-state index contributed by atoms with van der Waals surface area (Å²) in [4.78, 5) is 12.6. The van der Waals surface area contributed by atoms with Crippen molar-refractivity contribution < 1.29 is 13.6 Å². The molecule has 6 heteroatoms. The summed E-state index contributed by atoms with van der Waals surface area (Å²) >= 11 is 6.74. The fraction of sp³-hybridized carbons (Fsp3) is 0.808. The minimum Gasteiger partial charge on any atom is -0.412 e. The Labute approximate surface area is 202 Å². The molecule has 32 heavy (non-hydrogen) atoms. The van der Waals surface area contributed by atoms with Gasteiger partial charge in [-0.25, -0.2) is 0 Å². The summed E-state index contributed by atoms with van der Waals surface area (Å²) < 4.78 is 13.7. The van der Waals surface area contributed by atoms with Gasteiger partial charge in [-0.05, 0) is 113 Å². The van der Waals surface area contributed by atoms with Crippen LogP contribution < -0.4 is 0 Å². The smallest absolute Gasteiger partial charge is 0.196 e. The van der Waals surface area contributed by atoms with Crippen LogP contribution in [-0.2, 0) is 13.6 Å². The lowest BCUT2D eigenvalue weighted by Gasteiger charge is -2.60. The van der Waals surface area contributed by atoms with E-state index in [0.717, 1.165) is 24.8 Å². The molecule has 4 rings (SSSR count). The summed E-state index contributed by atoms with van der Waals surface area (Å²) in [7, 11) is -3.48. The third kappa shape index (κ3) is 3.88. The molecule has 0 heterocycles. The molecule has 0 aromatic rings. The van der Waals surface area contributed by atoms with Crippen molar-refractivity contribution in [3.05, 3.63) is 22.8 Å². The number of ketones is 1. The average molecular weight is 495 g/mol. The molecule has 3 nitrogen and oxygen atoms in total. The zero-order valence-corrected chi connectivity index (χ0v) is 24.4. The Morgan fingerprint density at radius 2 is 1.59 bits per heavy atom. The summed E-state index contributed by atoms with van der Waals surface area (Å²) in [5, 5.41) is 0.420. The number of hydrogen-bond acceptors (Lipinski definition) is 3. The quantitative estimate of drug-likeness (QED) is 0.384. The number of carbonyl (C=O) groups is 1. The molecule has 4 aliphatic carbocycles. The molecule has 0 aromatic heterocycles. The van der Waals surface area contributed by atoms with Crippen LogP contribution in [0.2, 0.25) is 39.3 Å². The zero-order valence-electron chi connectivity index (χ0n) is 21.6. The first kappa shape index (κ1) is 24.9. The Hall–Kier alpha value is -0.206. The number of carbonyl (C=O) groups excluding carboxylic acids is 1. The molecule has 0 saturated heterocycles. The van der Waals surface area contributed by atoms with Crippen molar-refractivity contribution in [1.29, 1.82) is 0 Å². The van der Waals surface area contributed by atoms with Gasteiger partial charge in [0, 0.05) is 5.41 Å². The van der Waals surface area contributed by atoms with Gasteiger partial charge in [0.1, 0.15) is 0 Å². The van der Waals surface area contributed by atoms with E-state index in [-0.39, 0.29) is 28.3 Å². The molecule has 0 aromatic carbocycles. The lowest BCUT2D eigenvalue weighted by Crippen LogP contribution is -2.58. The van der Waals surface area contributed by atoms with Gasteiger partial charge in [0.15, 0.2) is 22.4 Å². The van der Waals surface area contributed by atoms with Crippen molar-refractivity contribution >= 4 is 34.0 Å².